The second-order valence-electron chi connectivity index (χ2n) is 8.17. The van der Waals surface area contributed by atoms with E-state index in [1.165, 1.54) is 16.3 Å². The molecule has 0 bridgehead atoms. The van der Waals surface area contributed by atoms with Gasteiger partial charge in [0.25, 0.3) is 0 Å². The molecule has 1 aliphatic heterocycles. The number of hydrogen-bond acceptors (Lipinski definition) is 3. The zero-order valence-corrected chi connectivity index (χ0v) is 16.6. The lowest BCUT2D eigenvalue weighted by Gasteiger charge is -2.43. The predicted octanol–water partition coefficient (Wildman–Crippen LogP) is 5.49. The normalized spacial score (nSPS) is 20.8. The van der Waals surface area contributed by atoms with Crippen molar-refractivity contribution in [3.05, 3.63) is 59.7 Å². The molecule has 4 rings (SSSR count). The van der Waals surface area contributed by atoms with Crippen LogP contribution in [0.1, 0.15) is 37.8 Å². The fraction of sp³-hybridized carbons (Fsp3) is 0.333. The van der Waals surface area contributed by atoms with Gasteiger partial charge >= 0.3 is 0 Å². The quantitative estimate of drug-likeness (QED) is 0.634. The van der Waals surface area contributed by atoms with E-state index in [0.717, 1.165) is 28.1 Å². The van der Waals surface area contributed by atoms with Gasteiger partial charge in [0.2, 0.25) is 0 Å². The van der Waals surface area contributed by atoms with Crippen LogP contribution in [-0.4, -0.2) is 23.9 Å². The van der Waals surface area contributed by atoms with Crippen molar-refractivity contribution in [3.63, 3.8) is 0 Å². The highest BCUT2D eigenvalue weighted by molar-refractivity contribution is 5.99. The third kappa shape index (κ3) is 2.69. The summed E-state index contributed by atoms with van der Waals surface area (Å²) in [6, 6.07) is 17.0. The lowest BCUT2D eigenvalue weighted by atomic mass is 9.76. The molecule has 3 nitrogen and oxygen atoms in total. The Hall–Kier alpha value is -2.52. The van der Waals surface area contributed by atoms with E-state index in [4.69, 9.17) is 4.74 Å². The molecule has 2 N–H and O–H groups in total. The summed E-state index contributed by atoms with van der Waals surface area (Å²) in [5.74, 6) is 0.821. The molecule has 0 radical (unpaired) electrons. The molecular formula is C24H27NO2. The van der Waals surface area contributed by atoms with Crippen LogP contribution < -0.4 is 10.1 Å². The smallest absolute Gasteiger partial charge is 0.132 e. The Morgan fingerprint density at radius 1 is 1.04 bits per heavy atom. The Labute approximate surface area is 161 Å². The Kier molecular flexibility index (Phi) is 4.15. The van der Waals surface area contributed by atoms with Crippen LogP contribution in [0.4, 0.5) is 5.69 Å². The molecule has 0 fully saturated rings. The van der Waals surface area contributed by atoms with Gasteiger partial charge in [-0.25, -0.2) is 0 Å². The van der Waals surface area contributed by atoms with E-state index in [0.29, 0.717) is 0 Å². The Bertz CT molecular complexity index is 1020. The van der Waals surface area contributed by atoms with Crippen LogP contribution in [0.25, 0.3) is 21.9 Å². The minimum atomic E-state index is -0.499. The van der Waals surface area contributed by atoms with Crippen LogP contribution in [0.3, 0.4) is 0 Å². The maximum atomic E-state index is 10.9. The average molecular weight is 361 g/mol. The third-order valence-electron chi connectivity index (χ3n) is 5.91. The largest absolute Gasteiger partial charge is 0.496 e. The predicted molar refractivity (Wildman–Crippen MR) is 113 cm³/mol. The molecule has 27 heavy (non-hydrogen) atoms. The first-order chi connectivity index (χ1) is 12.8. The van der Waals surface area contributed by atoms with Crippen molar-refractivity contribution in [1.29, 1.82) is 0 Å². The summed E-state index contributed by atoms with van der Waals surface area (Å²) in [6.07, 6.45) is -0.499. The van der Waals surface area contributed by atoms with Gasteiger partial charge < -0.3 is 15.2 Å². The number of hydrogen-bond donors (Lipinski definition) is 2. The second kappa shape index (κ2) is 6.28. The average Bonchev–Trinajstić information content (AvgIpc) is 2.66. The number of aryl methyl sites for hydroxylation is 1. The van der Waals surface area contributed by atoms with Gasteiger partial charge in [-0.3, -0.25) is 0 Å². The van der Waals surface area contributed by atoms with Crippen molar-refractivity contribution in [3.8, 4) is 16.9 Å². The SMILES string of the molecule is COc1c(-c2cccc3ccccc23)cc(C)c2c1[C@H](C)[C@@H](O)C(C)(C)N2. The van der Waals surface area contributed by atoms with Gasteiger partial charge in [-0.15, -0.1) is 0 Å². The maximum absolute atomic E-state index is 10.9. The van der Waals surface area contributed by atoms with Crippen molar-refractivity contribution < 1.29 is 9.84 Å². The molecule has 1 aliphatic rings. The van der Waals surface area contributed by atoms with Crippen molar-refractivity contribution in [1.82, 2.24) is 0 Å². The molecule has 1 heterocycles. The van der Waals surface area contributed by atoms with Crippen molar-refractivity contribution in [2.45, 2.75) is 45.3 Å². The standard InChI is InChI=1S/C24H27NO2/c1-14-13-19(18-12-8-10-16-9-6-7-11-17(16)18)22(27-5)20-15(2)23(26)24(3,4)25-21(14)20/h6-13,15,23,25-26H,1-5H3/t15-,23+/m0/s1. The van der Waals surface area contributed by atoms with Crippen molar-refractivity contribution in [2.24, 2.45) is 0 Å². The molecule has 3 aromatic rings. The minimum absolute atomic E-state index is 0.0279. The zero-order chi connectivity index (χ0) is 19.3. The molecule has 2 atom stereocenters. The Morgan fingerprint density at radius 2 is 1.74 bits per heavy atom. The fourth-order valence-corrected chi connectivity index (χ4v) is 4.48. The van der Waals surface area contributed by atoms with Crippen molar-refractivity contribution >= 4 is 16.5 Å². The maximum Gasteiger partial charge on any atom is 0.132 e. The van der Waals surface area contributed by atoms with Crippen LogP contribution in [-0.2, 0) is 0 Å². The molecule has 0 aliphatic carbocycles. The molecule has 3 heteroatoms. The summed E-state index contributed by atoms with van der Waals surface area (Å²) in [5.41, 5.74) is 5.16. The van der Waals surface area contributed by atoms with E-state index in [1.54, 1.807) is 7.11 Å². The van der Waals surface area contributed by atoms with E-state index in [9.17, 15) is 5.11 Å². The fourth-order valence-electron chi connectivity index (χ4n) is 4.48. The third-order valence-corrected chi connectivity index (χ3v) is 5.91. The van der Waals surface area contributed by atoms with Crippen LogP contribution in [0.2, 0.25) is 0 Å². The molecule has 3 aromatic carbocycles. The summed E-state index contributed by atoms with van der Waals surface area (Å²) in [7, 11) is 1.72. The second-order valence-corrected chi connectivity index (χ2v) is 8.17. The van der Waals surface area contributed by atoms with Crippen molar-refractivity contribution in [2.75, 3.05) is 12.4 Å². The number of nitrogens with one attached hydrogen (secondary N) is 1. The van der Waals surface area contributed by atoms with E-state index < -0.39 is 6.10 Å². The number of aliphatic hydroxyl groups excluding tert-OH is 1. The first-order valence-electron chi connectivity index (χ1n) is 9.51. The monoisotopic (exact) mass is 361 g/mol. The molecule has 0 unspecified atom stereocenters. The molecule has 0 spiro atoms. The van der Waals surface area contributed by atoms with Gasteiger partial charge in [0, 0.05) is 22.7 Å². The van der Waals surface area contributed by atoms with E-state index in [-0.39, 0.29) is 11.5 Å². The highest BCUT2D eigenvalue weighted by Crippen LogP contribution is 2.50. The molecule has 0 saturated carbocycles. The Morgan fingerprint density at radius 3 is 2.48 bits per heavy atom. The summed E-state index contributed by atoms with van der Waals surface area (Å²) >= 11 is 0. The van der Waals surface area contributed by atoms with Gasteiger partial charge in [-0.05, 0) is 48.7 Å². The van der Waals surface area contributed by atoms with Crippen LogP contribution in [0, 0.1) is 6.92 Å². The van der Waals surface area contributed by atoms with E-state index in [1.807, 2.05) is 13.8 Å². The van der Waals surface area contributed by atoms with Gasteiger partial charge in [-0.1, -0.05) is 49.4 Å². The van der Waals surface area contributed by atoms with Crippen LogP contribution in [0.5, 0.6) is 5.75 Å². The Balaban J connectivity index is 2.03. The number of aliphatic hydroxyl groups is 1. The number of ether oxygens (including phenoxy) is 1. The lowest BCUT2D eigenvalue weighted by molar-refractivity contribution is 0.0858. The molecular weight excluding hydrogens is 334 g/mol. The molecule has 0 amide bonds. The number of rotatable bonds is 2. The van der Waals surface area contributed by atoms with Gasteiger partial charge in [0.15, 0.2) is 0 Å². The molecule has 0 aromatic heterocycles. The summed E-state index contributed by atoms with van der Waals surface area (Å²) in [4.78, 5) is 0. The number of methoxy groups -OCH3 is 1. The van der Waals surface area contributed by atoms with Gasteiger partial charge in [-0.2, -0.15) is 0 Å². The number of anilines is 1. The van der Waals surface area contributed by atoms with Crippen LogP contribution in [0.15, 0.2) is 48.5 Å². The molecule has 140 valence electrons. The van der Waals surface area contributed by atoms with Gasteiger partial charge in [0.1, 0.15) is 5.75 Å². The van der Waals surface area contributed by atoms with E-state index in [2.05, 4.69) is 67.7 Å². The lowest BCUT2D eigenvalue weighted by Crippen LogP contribution is -2.50. The highest BCUT2D eigenvalue weighted by atomic mass is 16.5. The topological polar surface area (TPSA) is 41.5 Å². The minimum Gasteiger partial charge on any atom is -0.496 e. The van der Waals surface area contributed by atoms with Crippen LogP contribution >= 0.6 is 0 Å². The summed E-state index contributed by atoms with van der Waals surface area (Å²) in [5, 5.41) is 16.8. The first kappa shape index (κ1) is 17.9. The number of benzene rings is 3. The summed E-state index contributed by atoms with van der Waals surface area (Å²) in [6.45, 7) is 8.30. The highest BCUT2D eigenvalue weighted by Gasteiger charge is 2.41. The van der Waals surface area contributed by atoms with E-state index >= 15 is 0 Å². The first-order valence-corrected chi connectivity index (χ1v) is 9.51. The summed E-state index contributed by atoms with van der Waals surface area (Å²) < 4.78 is 5.94. The zero-order valence-electron chi connectivity index (χ0n) is 16.6. The van der Waals surface area contributed by atoms with Gasteiger partial charge in [0.05, 0.1) is 18.8 Å². The number of fused-ring (bicyclic) bond motifs is 2. The molecule has 0 saturated heterocycles.